The van der Waals surface area contributed by atoms with Gasteiger partial charge in [-0.25, -0.2) is 4.39 Å². The minimum absolute atomic E-state index is 0.245. The monoisotopic (exact) mass is 258 g/mol. The van der Waals surface area contributed by atoms with Gasteiger partial charge in [-0.15, -0.1) is 0 Å². The highest BCUT2D eigenvalue weighted by molar-refractivity contribution is 7.99. The Morgan fingerprint density at radius 2 is 2.06 bits per heavy atom. The summed E-state index contributed by atoms with van der Waals surface area (Å²) in [6, 6.07) is 6.06. The molecular formula is C13H19FO2S. The molecule has 0 aliphatic rings. The average molecular weight is 258 g/mol. The summed E-state index contributed by atoms with van der Waals surface area (Å²) in [6.07, 6.45) is 0.959. The van der Waals surface area contributed by atoms with Crippen LogP contribution in [0.1, 0.15) is 13.3 Å². The molecule has 0 spiro atoms. The van der Waals surface area contributed by atoms with E-state index in [0.29, 0.717) is 18.3 Å². The number of aliphatic hydroxyl groups excluding tert-OH is 1. The largest absolute Gasteiger partial charge is 0.494 e. The molecule has 0 aromatic heterocycles. The van der Waals surface area contributed by atoms with Gasteiger partial charge in [-0.05, 0) is 48.1 Å². The van der Waals surface area contributed by atoms with Crippen LogP contribution in [-0.4, -0.2) is 29.8 Å². The van der Waals surface area contributed by atoms with Gasteiger partial charge < -0.3 is 9.84 Å². The minimum atomic E-state index is -0.245. The number of benzene rings is 1. The molecule has 0 saturated heterocycles. The van der Waals surface area contributed by atoms with E-state index >= 15 is 0 Å². The fourth-order valence-electron chi connectivity index (χ4n) is 1.22. The summed E-state index contributed by atoms with van der Waals surface area (Å²) in [5.74, 6) is 2.82. The van der Waals surface area contributed by atoms with Crippen LogP contribution >= 0.6 is 11.8 Å². The number of rotatable bonds is 8. The molecule has 0 saturated carbocycles. The number of thioether (sulfide) groups is 1. The van der Waals surface area contributed by atoms with Crippen molar-refractivity contribution >= 4 is 11.8 Å². The fraction of sp³-hybridized carbons (Fsp3) is 0.538. The standard InChI is InChI=1S/C13H19FO2S/c1-11(9-15)10-17-8-2-7-16-13-5-3-12(14)4-6-13/h3-6,11,15H,2,7-10H2,1H3. The molecule has 0 aliphatic heterocycles. The second-order valence-corrected chi connectivity index (χ2v) is 5.17. The summed E-state index contributed by atoms with van der Waals surface area (Å²) >= 11 is 1.82. The van der Waals surface area contributed by atoms with Crippen molar-refractivity contribution < 1.29 is 14.2 Å². The quantitative estimate of drug-likeness (QED) is 0.727. The van der Waals surface area contributed by atoms with Gasteiger partial charge in [0, 0.05) is 6.61 Å². The van der Waals surface area contributed by atoms with Crippen molar-refractivity contribution in [2.24, 2.45) is 5.92 Å². The molecule has 1 aromatic rings. The van der Waals surface area contributed by atoms with Gasteiger partial charge in [-0.2, -0.15) is 11.8 Å². The third kappa shape index (κ3) is 6.54. The maximum atomic E-state index is 12.6. The van der Waals surface area contributed by atoms with Crippen LogP contribution in [0.2, 0.25) is 0 Å². The first-order valence-electron chi connectivity index (χ1n) is 5.79. The summed E-state index contributed by atoms with van der Waals surface area (Å²) in [5, 5.41) is 8.84. The molecule has 2 nitrogen and oxygen atoms in total. The van der Waals surface area contributed by atoms with Gasteiger partial charge in [0.2, 0.25) is 0 Å². The Bertz CT molecular complexity index is 303. The van der Waals surface area contributed by atoms with E-state index in [-0.39, 0.29) is 12.4 Å². The topological polar surface area (TPSA) is 29.5 Å². The van der Waals surface area contributed by atoms with Crippen LogP contribution in [0.25, 0.3) is 0 Å². The van der Waals surface area contributed by atoms with Crippen molar-refractivity contribution in [3.63, 3.8) is 0 Å². The number of hydrogen-bond acceptors (Lipinski definition) is 3. The molecule has 0 radical (unpaired) electrons. The van der Waals surface area contributed by atoms with Crippen LogP contribution in [-0.2, 0) is 0 Å². The van der Waals surface area contributed by atoms with Gasteiger partial charge in [-0.1, -0.05) is 6.92 Å². The second kappa shape index (κ2) is 8.37. The molecule has 1 aromatic carbocycles. The van der Waals surface area contributed by atoms with Crippen LogP contribution in [0.4, 0.5) is 4.39 Å². The van der Waals surface area contributed by atoms with Crippen molar-refractivity contribution in [2.45, 2.75) is 13.3 Å². The maximum Gasteiger partial charge on any atom is 0.123 e. The molecular weight excluding hydrogens is 239 g/mol. The van der Waals surface area contributed by atoms with Crippen LogP contribution in [0.3, 0.4) is 0 Å². The van der Waals surface area contributed by atoms with Crippen LogP contribution < -0.4 is 4.74 Å². The number of hydrogen-bond donors (Lipinski definition) is 1. The predicted octanol–water partition coefficient (Wildman–Crippen LogP) is 2.96. The second-order valence-electron chi connectivity index (χ2n) is 4.02. The summed E-state index contributed by atoms with van der Waals surface area (Å²) in [4.78, 5) is 0. The van der Waals surface area contributed by atoms with Gasteiger partial charge >= 0.3 is 0 Å². The zero-order valence-corrected chi connectivity index (χ0v) is 10.9. The van der Waals surface area contributed by atoms with Crippen molar-refractivity contribution in [1.82, 2.24) is 0 Å². The third-order valence-corrected chi connectivity index (χ3v) is 3.61. The molecule has 0 fully saturated rings. The van der Waals surface area contributed by atoms with E-state index in [9.17, 15) is 4.39 Å². The van der Waals surface area contributed by atoms with Crippen molar-refractivity contribution in [1.29, 1.82) is 0 Å². The highest BCUT2D eigenvalue weighted by Crippen LogP contribution is 2.13. The van der Waals surface area contributed by atoms with Gasteiger partial charge in [0.15, 0.2) is 0 Å². The fourth-order valence-corrected chi connectivity index (χ4v) is 2.22. The Kier molecular flexibility index (Phi) is 7.05. The Morgan fingerprint density at radius 1 is 1.35 bits per heavy atom. The lowest BCUT2D eigenvalue weighted by molar-refractivity contribution is 0.250. The highest BCUT2D eigenvalue weighted by atomic mass is 32.2. The van der Waals surface area contributed by atoms with E-state index in [1.165, 1.54) is 12.1 Å². The first kappa shape index (κ1) is 14.3. The minimum Gasteiger partial charge on any atom is -0.494 e. The molecule has 1 unspecified atom stereocenters. The molecule has 4 heteroatoms. The van der Waals surface area contributed by atoms with E-state index in [4.69, 9.17) is 9.84 Å². The first-order chi connectivity index (χ1) is 8.22. The predicted molar refractivity (Wildman–Crippen MR) is 70.1 cm³/mol. The van der Waals surface area contributed by atoms with E-state index in [1.807, 2.05) is 18.7 Å². The van der Waals surface area contributed by atoms with Crippen molar-refractivity contribution in [2.75, 3.05) is 24.7 Å². The van der Waals surface area contributed by atoms with Crippen molar-refractivity contribution in [3.8, 4) is 5.75 Å². The third-order valence-electron chi connectivity index (χ3n) is 2.23. The molecule has 0 bridgehead atoms. The summed E-state index contributed by atoms with van der Waals surface area (Å²) in [7, 11) is 0. The van der Waals surface area contributed by atoms with Gasteiger partial charge in [-0.3, -0.25) is 0 Å². The lowest BCUT2D eigenvalue weighted by atomic mass is 10.2. The molecule has 1 rings (SSSR count). The average Bonchev–Trinajstić information content (AvgIpc) is 2.35. The van der Waals surface area contributed by atoms with Crippen molar-refractivity contribution in [3.05, 3.63) is 30.1 Å². The lowest BCUT2D eigenvalue weighted by Crippen LogP contribution is -2.05. The molecule has 0 heterocycles. The smallest absolute Gasteiger partial charge is 0.123 e. The molecule has 96 valence electrons. The summed E-state index contributed by atoms with van der Waals surface area (Å²) in [5.41, 5.74) is 0. The maximum absolute atomic E-state index is 12.6. The van der Waals surface area contributed by atoms with Crippen LogP contribution in [0.5, 0.6) is 5.75 Å². The van der Waals surface area contributed by atoms with Gasteiger partial charge in [0.25, 0.3) is 0 Å². The number of aliphatic hydroxyl groups is 1. The van der Waals surface area contributed by atoms with E-state index < -0.39 is 0 Å². The van der Waals surface area contributed by atoms with E-state index in [2.05, 4.69) is 0 Å². The SMILES string of the molecule is CC(CO)CSCCCOc1ccc(F)cc1. The normalized spacial score (nSPS) is 12.4. The van der Waals surface area contributed by atoms with Crippen LogP contribution in [0, 0.1) is 11.7 Å². The van der Waals surface area contributed by atoms with Gasteiger partial charge in [0.1, 0.15) is 11.6 Å². The van der Waals surface area contributed by atoms with E-state index in [0.717, 1.165) is 17.9 Å². The Hall–Kier alpha value is -0.740. The summed E-state index contributed by atoms with van der Waals surface area (Å²) < 4.78 is 18.1. The molecule has 1 N–H and O–H groups in total. The Labute approximate surface area is 106 Å². The Balaban J connectivity index is 2.02. The van der Waals surface area contributed by atoms with E-state index in [1.54, 1.807) is 12.1 Å². The number of ether oxygens (including phenoxy) is 1. The first-order valence-corrected chi connectivity index (χ1v) is 6.95. The molecule has 0 aliphatic carbocycles. The zero-order valence-electron chi connectivity index (χ0n) is 10.1. The molecule has 0 amide bonds. The molecule has 17 heavy (non-hydrogen) atoms. The summed E-state index contributed by atoms with van der Waals surface area (Å²) in [6.45, 7) is 2.92. The lowest BCUT2D eigenvalue weighted by Gasteiger charge is -2.08. The Morgan fingerprint density at radius 3 is 2.71 bits per heavy atom. The molecule has 1 atom stereocenters. The number of halogens is 1. The van der Waals surface area contributed by atoms with Crippen LogP contribution in [0.15, 0.2) is 24.3 Å². The zero-order chi connectivity index (χ0) is 12.5. The highest BCUT2D eigenvalue weighted by Gasteiger charge is 1.99. The van der Waals surface area contributed by atoms with Gasteiger partial charge in [0.05, 0.1) is 6.61 Å².